The first-order valence-electron chi connectivity index (χ1n) is 7.92. The Balaban J connectivity index is 1.97. The summed E-state index contributed by atoms with van der Waals surface area (Å²) in [6, 6.07) is 8.95. The number of carbonyl (C=O) groups is 2. The summed E-state index contributed by atoms with van der Waals surface area (Å²) in [4.78, 5) is 24.0. The molecule has 142 valence electrons. The minimum absolute atomic E-state index is 0.105. The van der Waals surface area contributed by atoms with E-state index in [0.29, 0.717) is 17.1 Å². The third-order valence-electron chi connectivity index (χ3n) is 3.64. The Kier molecular flexibility index (Phi) is 6.93. The van der Waals surface area contributed by atoms with Gasteiger partial charge in [-0.05, 0) is 35.9 Å². The average molecular weight is 374 g/mol. The summed E-state index contributed by atoms with van der Waals surface area (Å²) in [5.74, 6) is -0.739. The third kappa shape index (κ3) is 5.31. The number of ketones is 1. The molecule has 27 heavy (non-hydrogen) atoms. The molecule has 0 N–H and O–H groups in total. The van der Waals surface area contributed by atoms with Crippen molar-refractivity contribution in [3.8, 4) is 17.2 Å². The number of rotatable bonds is 8. The molecule has 2 aromatic rings. The molecule has 0 saturated carbocycles. The minimum Gasteiger partial charge on any atom is -0.497 e. The van der Waals surface area contributed by atoms with Crippen molar-refractivity contribution in [1.82, 2.24) is 0 Å². The number of methoxy groups -OCH3 is 3. The third-order valence-corrected chi connectivity index (χ3v) is 3.64. The standard InChI is InChI=1S/C20H19FO6/c1-24-14-6-7-15(19(11-14)26-3)17(22)12-27-20(23)9-5-13-4-8-18(25-2)16(21)10-13/h4-11H,12H2,1-3H3/b9-5+. The molecule has 0 aliphatic carbocycles. The van der Waals surface area contributed by atoms with E-state index in [1.807, 2.05) is 0 Å². The molecule has 2 rings (SSSR count). The molecule has 0 amide bonds. The smallest absolute Gasteiger partial charge is 0.331 e. The molecule has 0 heterocycles. The van der Waals surface area contributed by atoms with Crippen molar-refractivity contribution in [3.05, 3.63) is 59.4 Å². The van der Waals surface area contributed by atoms with Gasteiger partial charge in [0.1, 0.15) is 11.5 Å². The lowest BCUT2D eigenvalue weighted by Gasteiger charge is -2.09. The molecule has 0 bridgehead atoms. The Morgan fingerprint density at radius 1 is 0.963 bits per heavy atom. The van der Waals surface area contributed by atoms with Crippen LogP contribution in [0.25, 0.3) is 6.08 Å². The maximum atomic E-state index is 13.6. The van der Waals surface area contributed by atoms with Gasteiger partial charge in [0, 0.05) is 12.1 Å². The molecule has 7 heteroatoms. The van der Waals surface area contributed by atoms with Crippen molar-refractivity contribution in [3.63, 3.8) is 0 Å². The van der Waals surface area contributed by atoms with Crippen LogP contribution in [0.5, 0.6) is 17.2 Å². The van der Waals surface area contributed by atoms with Crippen LogP contribution in [-0.4, -0.2) is 39.7 Å². The summed E-state index contributed by atoms with van der Waals surface area (Å²) in [7, 11) is 4.29. The molecule has 0 aliphatic heterocycles. The Hall–Kier alpha value is -3.35. The molecular formula is C20H19FO6. The van der Waals surface area contributed by atoms with Gasteiger partial charge in [-0.25, -0.2) is 9.18 Å². The van der Waals surface area contributed by atoms with Gasteiger partial charge in [-0.1, -0.05) is 6.07 Å². The molecule has 0 spiro atoms. The molecule has 0 radical (unpaired) electrons. The number of hydrogen-bond donors (Lipinski definition) is 0. The quantitative estimate of drug-likeness (QED) is 0.401. The van der Waals surface area contributed by atoms with Gasteiger partial charge in [-0.2, -0.15) is 0 Å². The van der Waals surface area contributed by atoms with Crippen molar-refractivity contribution in [2.24, 2.45) is 0 Å². The molecule has 0 aromatic heterocycles. The first-order valence-corrected chi connectivity index (χ1v) is 7.92. The number of benzene rings is 2. The molecule has 0 atom stereocenters. The van der Waals surface area contributed by atoms with Crippen molar-refractivity contribution in [1.29, 1.82) is 0 Å². The fourth-order valence-electron chi connectivity index (χ4n) is 2.24. The van der Waals surface area contributed by atoms with E-state index in [1.54, 1.807) is 18.2 Å². The van der Waals surface area contributed by atoms with Gasteiger partial charge in [-0.3, -0.25) is 4.79 Å². The summed E-state index contributed by atoms with van der Waals surface area (Å²) in [5, 5.41) is 0. The van der Waals surface area contributed by atoms with Crippen LogP contribution < -0.4 is 14.2 Å². The second-order valence-corrected chi connectivity index (χ2v) is 5.32. The summed E-state index contributed by atoms with van der Waals surface area (Å²) >= 11 is 0. The van der Waals surface area contributed by atoms with Gasteiger partial charge in [0.05, 0.1) is 26.9 Å². The summed E-state index contributed by atoms with van der Waals surface area (Å²) in [6.45, 7) is -0.456. The fourth-order valence-corrected chi connectivity index (χ4v) is 2.24. The molecule has 6 nitrogen and oxygen atoms in total. The second kappa shape index (κ2) is 9.38. The normalized spacial score (nSPS) is 10.5. The van der Waals surface area contributed by atoms with Gasteiger partial charge >= 0.3 is 5.97 Å². The summed E-state index contributed by atoms with van der Waals surface area (Å²) in [5.41, 5.74) is 0.723. The predicted octanol–water partition coefficient (Wildman–Crippen LogP) is 3.29. The van der Waals surface area contributed by atoms with Gasteiger partial charge < -0.3 is 18.9 Å². The SMILES string of the molecule is COc1ccc(C(=O)COC(=O)/C=C/c2ccc(OC)c(F)c2)c(OC)c1. The van der Waals surface area contributed by atoms with Gasteiger partial charge in [-0.15, -0.1) is 0 Å². The highest BCUT2D eigenvalue weighted by Crippen LogP contribution is 2.25. The van der Waals surface area contributed by atoms with E-state index in [-0.39, 0.29) is 11.3 Å². The molecule has 2 aromatic carbocycles. The van der Waals surface area contributed by atoms with Crippen LogP contribution in [0.4, 0.5) is 4.39 Å². The van der Waals surface area contributed by atoms with E-state index in [2.05, 4.69) is 0 Å². The molecule has 0 aliphatic rings. The highest BCUT2D eigenvalue weighted by Gasteiger charge is 2.15. The topological polar surface area (TPSA) is 71.1 Å². The predicted molar refractivity (Wildman–Crippen MR) is 96.8 cm³/mol. The van der Waals surface area contributed by atoms with Crippen molar-refractivity contribution in [2.45, 2.75) is 0 Å². The minimum atomic E-state index is -0.730. The first kappa shape index (κ1) is 20.0. The van der Waals surface area contributed by atoms with E-state index in [0.717, 1.165) is 6.08 Å². The van der Waals surface area contributed by atoms with Crippen LogP contribution in [0, 0.1) is 5.82 Å². The number of Topliss-reactive ketones (excluding diaryl/α,β-unsaturated/α-hetero) is 1. The zero-order valence-corrected chi connectivity index (χ0v) is 15.2. The van der Waals surface area contributed by atoms with E-state index >= 15 is 0 Å². The summed E-state index contributed by atoms with van der Waals surface area (Å²) < 4.78 is 33.6. The number of hydrogen-bond acceptors (Lipinski definition) is 6. The monoisotopic (exact) mass is 374 g/mol. The number of halogens is 1. The van der Waals surface area contributed by atoms with Crippen LogP contribution in [0.1, 0.15) is 15.9 Å². The molecule has 0 saturated heterocycles. The Labute approximate surface area is 156 Å². The lowest BCUT2D eigenvalue weighted by atomic mass is 10.1. The fraction of sp³-hybridized carbons (Fsp3) is 0.200. The molecule has 0 fully saturated rings. The van der Waals surface area contributed by atoms with Crippen LogP contribution in [0.2, 0.25) is 0 Å². The van der Waals surface area contributed by atoms with E-state index in [9.17, 15) is 14.0 Å². The zero-order valence-electron chi connectivity index (χ0n) is 15.2. The maximum absolute atomic E-state index is 13.6. The molecular weight excluding hydrogens is 355 g/mol. The van der Waals surface area contributed by atoms with Crippen LogP contribution in [0.15, 0.2) is 42.5 Å². The largest absolute Gasteiger partial charge is 0.497 e. The summed E-state index contributed by atoms with van der Waals surface area (Å²) in [6.07, 6.45) is 2.49. The van der Waals surface area contributed by atoms with Gasteiger partial charge in [0.2, 0.25) is 5.78 Å². The lowest BCUT2D eigenvalue weighted by Crippen LogP contribution is -2.13. The van der Waals surface area contributed by atoms with Crippen LogP contribution >= 0.6 is 0 Å². The number of esters is 1. The van der Waals surface area contributed by atoms with E-state index in [1.165, 1.54) is 45.6 Å². The Morgan fingerprint density at radius 2 is 1.70 bits per heavy atom. The Bertz CT molecular complexity index is 860. The van der Waals surface area contributed by atoms with Crippen LogP contribution in [0.3, 0.4) is 0 Å². The second-order valence-electron chi connectivity index (χ2n) is 5.32. The highest BCUT2D eigenvalue weighted by atomic mass is 19.1. The number of ether oxygens (including phenoxy) is 4. The Morgan fingerprint density at radius 3 is 2.33 bits per heavy atom. The van der Waals surface area contributed by atoms with Crippen LogP contribution in [-0.2, 0) is 9.53 Å². The van der Waals surface area contributed by atoms with Crippen molar-refractivity contribution in [2.75, 3.05) is 27.9 Å². The maximum Gasteiger partial charge on any atom is 0.331 e. The average Bonchev–Trinajstić information content (AvgIpc) is 2.69. The zero-order chi connectivity index (χ0) is 19.8. The molecule has 0 unspecified atom stereocenters. The van der Waals surface area contributed by atoms with E-state index in [4.69, 9.17) is 18.9 Å². The van der Waals surface area contributed by atoms with E-state index < -0.39 is 24.2 Å². The van der Waals surface area contributed by atoms with Gasteiger partial charge in [0.15, 0.2) is 18.2 Å². The van der Waals surface area contributed by atoms with Crippen molar-refractivity contribution < 1.29 is 32.9 Å². The van der Waals surface area contributed by atoms with Crippen molar-refractivity contribution >= 4 is 17.8 Å². The lowest BCUT2D eigenvalue weighted by molar-refractivity contribution is -0.136. The highest BCUT2D eigenvalue weighted by molar-refractivity contribution is 6.01. The number of carbonyl (C=O) groups excluding carboxylic acids is 2. The first-order chi connectivity index (χ1) is 13.0. The van der Waals surface area contributed by atoms with Gasteiger partial charge in [0.25, 0.3) is 0 Å².